The normalized spacial score (nSPS) is 10.4. The van der Waals surface area contributed by atoms with Gasteiger partial charge in [-0.2, -0.15) is 15.0 Å². The molecule has 0 saturated heterocycles. The van der Waals surface area contributed by atoms with Crippen molar-refractivity contribution >= 4 is 29.5 Å². The SMILES string of the molecule is CCCCOc1c(Cl)cc(C(=O)OCc2nc(N)nc(N)n2)cc1OC. The Kier molecular flexibility index (Phi) is 6.79. The van der Waals surface area contributed by atoms with Crippen LogP contribution in [0.5, 0.6) is 11.5 Å². The highest BCUT2D eigenvalue weighted by Gasteiger charge is 2.17. The first-order valence-corrected chi connectivity index (χ1v) is 8.25. The maximum Gasteiger partial charge on any atom is 0.338 e. The fourth-order valence-electron chi connectivity index (χ4n) is 2.03. The van der Waals surface area contributed by atoms with E-state index in [1.54, 1.807) is 0 Å². The van der Waals surface area contributed by atoms with E-state index >= 15 is 0 Å². The number of rotatable bonds is 8. The number of methoxy groups -OCH3 is 1. The lowest BCUT2D eigenvalue weighted by atomic mass is 10.2. The first kappa shape index (κ1) is 19.5. The molecule has 0 saturated carbocycles. The number of esters is 1. The van der Waals surface area contributed by atoms with E-state index in [9.17, 15) is 4.79 Å². The van der Waals surface area contributed by atoms with Gasteiger partial charge >= 0.3 is 5.97 Å². The molecule has 0 atom stereocenters. The largest absolute Gasteiger partial charge is 0.493 e. The van der Waals surface area contributed by atoms with E-state index in [-0.39, 0.29) is 34.9 Å². The molecule has 0 aliphatic carbocycles. The van der Waals surface area contributed by atoms with Crippen molar-refractivity contribution in [2.45, 2.75) is 26.4 Å². The highest BCUT2D eigenvalue weighted by molar-refractivity contribution is 6.32. The van der Waals surface area contributed by atoms with Crippen LogP contribution in [0, 0.1) is 0 Å². The van der Waals surface area contributed by atoms with Crippen molar-refractivity contribution in [3.63, 3.8) is 0 Å². The molecule has 1 aromatic carbocycles. The number of carbonyl (C=O) groups is 1. The summed E-state index contributed by atoms with van der Waals surface area (Å²) in [6, 6.07) is 2.94. The van der Waals surface area contributed by atoms with Crippen molar-refractivity contribution in [3.8, 4) is 11.5 Å². The zero-order valence-corrected chi connectivity index (χ0v) is 15.2. The smallest absolute Gasteiger partial charge is 0.338 e. The van der Waals surface area contributed by atoms with Crippen molar-refractivity contribution < 1.29 is 19.0 Å². The molecule has 4 N–H and O–H groups in total. The number of hydrogen-bond acceptors (Lipinski definition) is 9. The van der Waals surface area contributed by atoms with Gasteiger partial charge in [-0.3, -0.25) is 0 Å². The number of unbranched alkanes of at least 4 members (excludes halogenated alkanes) is 1. The summed E-state index contributed by atoms with van der Waals surface area (Å²) in [7, 11) is 1.46. The maximum atomic E-state index is 12.3. The molecule has 0 spiro atoms. The van der Waals surface area contributed by atoms with Crippen molar-refractivity contribution in [1.29, 1.82) is 0 Å². The first-order valence-electron chi connectivity index (χ1n) is 7.88. The summed E-state index contributed by atoms with van der Waals surface area (Å²) in [5, 5.41) is 0.251. The number of aromatic nitrogens is 3. The van der Waals surface area contributed by atoms with Gasteiger partial charge in [0.1, 0.15) is 0 Å². The Balaban J connectivity index is 2.11. The number of hydrogen-bond donors (Lipinski definition) is 2. The Bertz CT molecular complexity index is 767. The summed E-state index contributed by atoms with van der Waals surface area (Å²) >= 11 is 6.22. The van der Waals surface area contributed by atoms with Crippen LogP contribution in [0.1, 0.15) is 35.9 Å². The van der Waals surface area contributed by atoms with Gasteiger partial charge in [0.05, 0.1) is 24.3 Å². The molecular formula is C16H20ClN5O4. The molecule has 1 aromatic heterocycles. The van der Waals surface area contributed by atoms with Gasteiger partial charge in [-0.15, -0.1) is 0 Å². The van der Waals surface area contributed by atoms with Gasteiger partial charge in [-0.25, -0.2) is 4.79 Å². The first-order chi connectivity index (χ1) is 12.4. The monoisotopic (exact) mass is 381 g/mol. The molecule has 2 rings (SSSR count). The minimum Gasteiger partial charge on any atom is -0.493 e. The van der Waals surface area contributed by atoms with Crippen LogP contribution in [0.25, 0.3) is 0 Å². The third-order valence-electron chi connectivity index (χ3n) is 3.26. The number of benzene rings is 1. The number of ether oxygens (including phenoxy) is 3. The predicted octanol–water partition coefficient (Wildman–Crippen LogP) is 2.23. The second-order valence-corrected chi connectivity index (χ2v) is 5.64. The van der Waals surface area contributed by atoms with E-state index in [1.807, 2.05) is 0 Å². The molecule has 26 heavy (non-hydrogen) atoms. The van der Waals surface area contributed by atoms with Gasteiger partial charge in [0.2, 0.25) is 11.9 Å². The molecule has 10 heteroatoms. The number of halogens is 1. The van der Waals surface area contributed by atoms with Crippen LogP contribution in [0.15, 0.2) is 12.1 Å². The van der Waals surface area contributed by atoms with Gasteiger partial charge in [-0.1, -0.05) is 24.9 Å². The van der Waals surface area contributed by atoms with E-state index in [0.717, 1.165) is 12.8 Å². The lowest BCUT2D eigenvalue weighted by Gasteiger charge is -2.13. The van der Waals surface area contributed by atoms with Crippen LogP contribution in [0.4, 0.5) is 11.9 Å². The third-order valence-corrected chi connectivity index (χ3v) is 3.54. The van der Waals surface area contributed by atoms with E-state index in [0.29, 0.717) is 18.1 Å². The lowest BCUT2D eigenvalue weighted by molar-refractivity contribution is 0.0461. The molecule has 1 heterocycles. The van der Waals surface area contributed by atoms with Gasteiger partial charge in [0.15, 0.2) is 23.9 Å². The molecule has 140 valence electrons. The topological polar surface area (TPSA) is 135 Å². The fourth-order valence-corrected chi connectivity index (χ4v) is 2.30. The molecule has 0 unspecified atom stereocenters. The molecule has 0 bridgehead atoms. The van der Waals surface area contributed by atoms with E-state index in [4.69, 9.17) is 37.3 Å². The highest BCUT2D eigenvalue weighted by atomic mass is 35.5. The van der Waals surface area contributed by atoms with Crippen LogP contribution in [0.2, 0.25) is 5.02 Å². The van der Waals surface area contributed by atoms with Crippen LogP contribution >= 0.6 is 11.6 Å². The summed E-state index contributed by atoms with van der Waals surface area (Å²) in [4.78, 5) is 23.6. The molecule has 0 aliphatic rings. The molecule has 9 nitrogen and oxygen atoms in total. The third kappa shape index (κ3) is 5.09. The average Bonchev–Trinajstić information content (AvgIpc) is 2.60. The maximum absolute atomic E-state index is 12.3. The number of nitrogens with two attached hydrogens (primary N) is 2. The summed E-state index contributed by atoms with van der Waals surface area (Å²) in [6.45, 7) is 2.33. The van der Waals surface area contributed by atoms with Crippen molar-refractivity contribution in [2.75, 3.05) is 25.2 Å². The van der Waals surface area contributed by atoms with E-state index < -0.39 is 5.97 Å². The molecular weight excluding hydrogens is 362 g/mol. The molecule has 0 aliphatic heterocycles. The Morgan fingerprint density at radius 3 is 2.50 bits per heavy atom. The minimum absolute atomic E-state index is 0.0538. The fraction of sp³-hybridized carbons (Fsp3) is 0.375. The summed E-state index contributed by atoms with van der Waals surface area (Å²) in [6.07, 6.45) is 1.86. The number of carbonyl (C=O) groups excluding carboxylic acids is 1. The van der Waals surface area contributed by atoms with Gasteiger partial charge in [0, 0.05) is 0 Å². The van der Waals surface area contributed by atoms with Crippen LogP contribution in [-0.2, 0) is 11.3 Å². The highest BCUT2D eigenvalue weighted by Crippen LogP contribution is 2.36. The molecule has 0 amide bonds. The standard InChI is InChI=1S/C16H20ClN5O4/c1-3-4-5-25-13-10(17)6-9(7-11(13)24-2)14(23)26-8-12-20-15(18)22-16(19)21-12/h6-7H,3-5,8H2,1-2H3,(H4,18,19,20,21,22). The van der Waals surface area contributed by atoms with Gasteiger partial charge < -0.3 is 25.7 Å². The number of nitrogen functional groups attached to an aromatic ring is 2. The second kappa shape index (κ2) is 9.04. The van der Waals surface area contributed by atoms with Gasteiger partial charge in [0.25, 0.3) is 0 Å². The van der Waals surface area contributed by atoms with Crippen molar-refractivity contribution in [2.24, 2.45) is 0 Å². The average molecular weight is 382 g/mol. The lowest BCUT2D eigenvalue weighted by Crippen LogP contribution is -2.11. The van der Waals surface area contributed by atoms with Crippen molar-refractivity contribution in [1.82, 2.24) is 15.0 Å². The quantitative estimate of drug-likeness (QED) is 0.521. The Labute approximate surface area is 155 Å². The van der Waals surface area contributed by atoms with Gasteiger partial charge in [-0.05, 0) is 18.6 Å². The summed E-state index contributed by atoms with van der Waals surface area (Å²) < 4.78 is 16.0. The molecule has 0 fully saturated rings. The Morgan fingerprint density at radius 2 is 1.88 bits per heavy atom. The van der Waals surface area contributed by atoms with E-state index in [1.165, 1.54) is 19.2 Å². The summed E-state index contributed by atoms with van der Waals surface area (Å²) in [5.41, 5.74) is 11.1. The molecule has 0 radical (unpaired) electrons. The van der Waals surface area contributed by atoms with Crippen LogP contribution < -0.4 is 20.9 Å². The number of nitrogens with zero attached hydrogens (tertiary/aromatic N) is 3. The summed E-state index contributed by atoms with van der Waals surface area (Å²) in [5.74, 6) is 0.124. The minimum atomic E-state index is -0.636. The Morgan fingerprint density at radius 1 is 1.19 bits per heavy atom. The predicted molar refractivity (Wildman–Crippen MR) is 96.2 cm³/mol. The number of anilines is 2. The van der Waals surface area contributed by atoms with Crippen LogP contribution in [-0.4, -0.2) is 34.6 Å². The van der Waals surface area contributed by atoms with Crippen LogP contribution in [0.3, 0.4) is 0 Å². The molecule has 2 aromatic rings. The van der Waals surface area contributed by atoms with E-state index in [2.05, 4.69) is 21.9 Å². The zero-order chi connectivity index (χ0) is 19.1. The Hall–Kier alpha value is -2.81. The van der Waals surface area contributed by atoms with Crippen molar-refractivity contribution in [3.05, 3.63) is 28.5 Å². The zero-order valence-electron chi connectivity index (χ0n) is 14.5. The second-order valence-electron chi connectivity index (χ2n) is 5.24.